The van der Waals surface area contributed by atoms with Gasteiger partial charge in [0.05, 0.1) is 5.69 Å². The Hall–Kier alpha value is -1.66. The van der Waals surface area contributed by atoms with Crippen molar-refractivity contribution in [2.24, 2.45) is 5.41 Å². The van der Waals surface area contributed by atoms with Crippen LogP contribution in [0.2, 0.25) is 5.15 Å². The number of hydrogen-bond donors (Lipinski definition) is 0. The third-order valence-electron chi connectivity index (χ3n) is 3.99. The van der Waals surface area contributed by atoms with Gasteiger partial charge in [-0.15, -0.1) is 11.3 Å². The summed E-state index contributed by atoms with van der Waals surface area (Å²) in [5.41, 5.74) is 1.56. The van der Waals surface area contributed by atoms with Crippen molar-refractivity contribution >= 4 is 34.0 Å². The van der Waals surface area contributed by atoms with Gasteiger partial charge in [0.1, 0.15) is 5.15 Å². The molecular weight excluding hydrogens is 344 g/mol. The molecule has 0 atom stereocenters. The van der Waals surface area contributed by atoms with Crippen LogP contribution in [0.4, 0.5) is 5.13 Å². The Labute approximate surface area is 151 Å². The van der Waals surface area contributed by atoms with Gasteiger partial charge in [0, 0.05) is 48.7 Å². The highest BCUT2D eigenvalue weighted by Gasteiger charge is 2.30. The number of thiazole rings is 1. The molecule has 0 unspecified atom stereocenters. The number of amides is 1. The highest BCUT2D eigenvalue weighted by Crippen LogP contribution is 2.29. The van der Waals surface area contributed by atoms with E-state index in [1.807, 2.05) is 43.2 Å². The molecule has 0 N–H and O–H groups in total. The zero-order chi connectivity index (χ0) is 17.3. The number of carbonyl (C=O) groups excluding carboxylic acids is 1. The molecule has 2 aromatic heterocycles. The number of hydrogen-bond acceptors (Lipinski definition) is 5. The van der Waals surface area contributed by atoms with Crippen molar-refractivity contribution in [1.29, 1.82) is 0 Å². The Morgan fingerprint density at radius 3 is 2.58 bits per heavy atom. The van der Waals surface area contributed by atoms with Crippen LogP contribution in [0.25, 0.3) is 11.3 Å². The third kappa shape index (κ3) is 3.70. The van der Waals surface area contributed by atoms with E-state index in [1.165, 1.54) is 0 Å². The van der Waals surface area contributed by atoms with E-state index < -0.39 is 0 Å². The molecule has 7 heteroatoms. The van der Waals surface area contributed by atoms with Gasteiger partial charge in [-0.3, -0.25) is 4.79 Å². The van der Waals surface area contributed by atoms with Gasteiger partial charge in [0.2, 0.25) is 5.91 Å². The van der Waals surface area contributed by atoms with E-state index in [1.54, 1.807) is 17.5 Å². The fraction of sp³-hybridized carbons (Fsp3) is 0.471. The molecule has 24 heavy (non-hydrogen) atoms. The molecule has 0 aliphatic carbocycles. The predicted molar refractivity (Wildman–Crippen MR) is 98.6 cm³/mol. The smallest absolute Gasteiger partial charge is 0.228 e. The molecule has 0 radical (unpaired) electrons. The number of pyridine rings is 1. The summed E-state index contributed by atoms with van der Waals surface area (Å²) in [6, 6.07) is 3.73. The summed E-state index contributed by atoms with van der Waals surface area (Å²) in [4.78, 5) is 25.3. The molecule has 5 nitrogen and oxygen atoms in total. The molecule has 0 spiro atoms. The van der Waals surface area contributed by atoms with Crippen LogP contribution in [0, 0.1) is 5.41 Å². The summed E-state index contributed by atoms with van der Waals surface area (Å²) in [6.07, 6.45) is 1.69. The van der Waals surface area contributed by atoms with Crippen LogP contribution in [0.3, 0.4) is 0 Å². The average molecular weight is 365 g/mol. The number of aromatic nitrogens is 2. The molecule has 3 rings (SSSR count). The first-order chi connectivity index (χ1) is 11.3. The molecule has 1 aliphatic rings. The molecule has 128 valence electrons. The van der Waals surface area contributed by atoms with Crippen LogP contribution in [0.1, 0.15) is 20.8 Å². The molecule has 1 fully saturated rings. The topological polar surface area (TPSA) is 49.3 Å². The second-order valence-corrected chi connectivity index (χ2v) is 8.14. The lowest BCUT2D eigenvalue weighted by Gasteiger charge is -2.37. The van der Waals surface area contributed by atoms with Gasteiger partial charge in [-0.05, 0) is 12.1 Å². The van der Waals surface area contributed by atoms with Crippen LogP contribution in [0.15, 0.2) is 23.7 Å². The summed E-state index contributed by atoms with van der Waals surface area (Å²) < 4.78 is 0. The van der Waals surface area contributed by atoms with E-state index >= 15 is 0 Å². The third-order valence-corrected chi connectivity index (χ3v) is 5.10. The lowest BCUT2D eigenvalue weighted by molar-refractivity contribution is -0.139. The Morgan fingerprint density at radius 1 is 1.25 bits per heavy atom. The van der Waals surface area contributed by atoms with Gasteiger partial charge in [-0.1, -0.05) is 32.4 Å². The molecule has 3 heterocycles. The number of nitrogens with zero attached hydrogens (tertiary/aromatic N) is 4. The minimum absolute atomic E-state index is 0.216. The molecule has 1 aliphatic heterocycles. The second-order valence-electron chi connectivity index (χ2n) is 6.91. The monoisotopic (exact) mass is 364 g/mol. The van der Waals surface area contributed by atoms with Crippen molar-refractivity contribution in [3.05, 3.63) is 28.9 Å². The van der Waals surface area contributed by atoms with Gasteiger partial charge >= 0.3 is 0 Å². The highest BCUT2D eigenvalue weighted by molar-refractivity contribution is 7.14. The molecule has 0 saturated carbocycles. The van der Waals surface area contributed by atoms with Gasteiger partial charge in [0.25, 0.3) is 0 Å². The van der Waals surface area contributed by atoms with E-state index in [0.717, 1.165) is 42.6 Å². The fourth-order valence-corrected chi connectivity index (χ4v) is 3.74. The summed E-state index contributed by atoms with van der Waals surface area (Å²) >= 11 is 7.57. The first-order valence-electron chi connectivity index (χ1n) is 7.96. The van der Waals surface area contributed by atoms with E-state index in [9.17, 15) is 4.79 Å². The first-order valence-corrected chi connectivity index (χ1v) is 9.22. The average Bonchev–Trinajstić information content (AvgIpc) is 3.03. The zero-order valence-electron chi connectivity index (χ0n) is 14.1. The maximum Gasteiger partial charge on any atom is 0.228 e. The predicted octanol–water partition coefficient (Wildman–Crippen LogP) is 3.55. The molecule has 1 saturated heterocycles. The van der Waals surface area contributed by atoms with Gasteiger partial charge in [-0.2, -0.15) is 0 Å². The van der Waals surface area contributed by atoms with Crippen molar-refractivity contribution in [2.75, 3.05) is 31.1 Å². The van der Waals surface area contributed by atoms with Crippen LogP contribution < -0.4 is 4.90 Å². The normalized spacial score (nSPS) is 15.7. The summed E-state index contributed by atoms with van der Waals surface area (Å²) in [6.45, 7) is 9.01. The van der Waals surface area contributed by atoms with Crippen molar-refractivity contribution in [3.63, 3.8) is 0 Å². The molecule has 1 amide bonds. The van der Waals surface area contributed by atoms with Crippen molar-refractivity contribution in [3.8, 4) is 11.3 Å². The SMILES string of the molecule is CC(C)(C)C(=O)N1CCN(c2nc(-c3ccnc(Cl)c3)cs2)CC1. The van der Waals surface area contributed by atoms with Crippen LogP contribution in [-0.4, -0.2) is 47.0 Å². The van der Waals surface area contributed by atoms with Crippen LogP contribution >= 0.6 is 22.9 Å². The molecule has 0 bridgehead atoms. The maximum absolute atomic E-state index is 12.4. The van der Waals surface area contributed by atoms with Crippen molar-refractivity contribution in [2.45, 2.75) is 20.8 Å². The number of halogens is 1. The van der Waals surface area contributed by atoms with E-state index in [0.29, 0.717) is 5.15 Å². The quantitative estimate of drug-likeness (QED) is 0.764. The Bertz CT molecular complexity index is 732. The zero-order valence-corrected chi connectivity index (χ0v) is 15.7. The summed E-state index contributed by atoms with van der Waals surface area (Å²) in [7, 11) is 0. The largest absolute Gasteiger partial charge is 0.345 e. The Morgan fingerprint density at radius 2 is 1.96 bits per heavy atom. The summed E-state index contributed by atoms with van der Waals surface area (Å²) in [5.74, 6) is 0.216. The minimum Gasteiger partial charge on any atom is -0.345 e. The van der Waals surface area contributed by atoms with E-state index in [4.69, 9.17) is 16.6 Å². The highest BCUT2D eigenvalue weighted by atomic mass is 35.5. The fourth-order valence-electron chi connectivity index (χ4n) is 2.68. The number of carbonyl (C=O) groups is 1. The minimum atomic E-state index is -0.322. The van der Waals surface area contributed by atoms with E-state index in [-0.39, 0.29) is 11.3 Å². The van der Waals surface area contributed by atoms with Gasteiger partial charge < -0.3 is 9.80 Å². The standard InChI is InChI=1S/C17H21ClN4OS/c1-17(2,3)15(23)21-6-8-22(9-7-21)16-20-13(11-24-16)12-4-5-19-14(18)10-12/h4-5,10-11H,6-9H2,1-3H3. The Kier molecular flexibility index (Phi) is 4.78. The number of anilines is 1. The lowest BCUT2D eigenvalue weighted by atomic mass is 9.94. The van der Waals surface area contributed by atoms with Crippen molar-refractivity contribution < 1.29 is 4.79 Å². The second kappa shape index (κ2) is 6.69. The summed E-state index contributed by atoms with van der Waals surface area (Å²) in [5, 5.41) is 3.49. The number of rotatable bonds is 2. The van der Waals surface area contributed by atoms with Crippen molar-refractivity contribution in [1.82, 2.24) is 14.9 Å². The van der Waals surface area contributed by atoms with Crippen LogP contribution in [-0.2, 0) is 4.79 Å². The maximum atomic E-state index is 12.4. The van der Waals surface area contributed by atoms with Gasteiger partial charge in [-0.25, -0.2) is 9.97 Å². The van der Waals surface area contributed by atoms with Gasteiger partial charge in [0.15, 0.2) is 5.13 Å². The first kappa shape index (κ1) is 17.2. The van der Waals surface area contributed by atoms with E-state index in [2.05, 4.69) is 9.88 Å². The molecule has 2 aromatic rings. The lowest BCUT2D eigenvalue weighted by Crippen LogP contribution is -2.51. The Balaban J connectivity index is 1.67. The molecular formula is C17H21ClN4OS. The number of piperazine rings is 1. The van der Waals surface area contributed by atoms with Crippen LogP contribution in [0.5, 0.6) is 0 Å². The molecule has 0 aromatic carbocycles.